The first-order chi connectivity index (χ1) is 12.0. The van der Waals surface area contributed by atoms with Crippen LogP contribution in [-0.2, 0) is 9.47 Å². The van der Waals surface area contributed by atoms with Crippen LogP contribution in [0.2, 0.25) is 0 Å². The Labute approximate surface area is 146 Å². The van der Waals surface area contributed by atoms with Crippen molar-refractivity contribution in [2.75, 3.05) is 26.6 Å². The molecule has 7 heteroatoms. The molecular formula is C18H24F2N2O3. The monoisotopic (exact) mass is 354 g/mol. The number of hydrogen-bond acceptors (Lipinski definition) is 5. The quantitative estimate of drug-likeness (QED) is 0.791. The highest BCUT2D eigenvalue weighted by molar-refractivity contribution is 5.98. The number of carbonyl (C=O) groups excluding carboxylic acids is 1. The molecule has 25 heavy (non-hydrogen) atoms. The molecule has 138 valence electrons. The van der Waals surface area contributed by atoms with Gasteiger partial charge in [0, 0.05) is 30.1 Å². The van der Waals surface area contributed by atoms with Gasteiger partial charge in [0.1, 0.15) is 11.8 Å². The third kappa shape index (κ3) is 4.71. The average Bonchev–Trinajstić information content (AvgIpc) is 2.67. The number of allylic oxidation sites excluding steroid dienone is 1. The molecule has 1 aromatic carbocycles. The molecule has 0 amide bonds. The summed E-state index contributed by atoms with van der Waals surface area (Å²) in [5, 5.41) is 5.52. The summed E-state index contributed by atoms with van der Waals surface area (Å²) in [4.78, 5) is 12.0. The largest absolute Gasteiger partial charge is 0.495 e. The van der Waals surface area contributed by atoms with Crippen LogP contribution < -0.4 is 10.6 Å². The highest BCUT2D eigenvalue weighted by atomic mass is 19.3. The number of nitrogens with one attached hydrogen (secondary N) is 2. The fraction of sp³-hybridized carbons (Fsp3) is 0.389. The lowest BCUT2D eigenvalue weighted by Crippen LogP contribution is -2.33. The zero-order chi connectivity index (χ0) is 19.0. The molecule has 2 N–H and O–H groups in total. The second kappa shape index (κ2) is 9.66. The van der Waals surface area contributed by atoms with Crippen LogP contribution in [0.25, 0.3) is 5.57 Å². The van der Waals surface area contributed by atoms with E-state index < -0.39 is 18.4 Å². The summed E-state index contributed by atoms with van der Waals surface area (Å²) < 4.78 is 36.1. The van der Waals surface area contributed by atoms with Crippen molar-refractivity contribution in [3.8, 4) is 0 Å². The number of anilines is 1. The first kappa shape index (κ1) is 20.5. The second-order valence-corrected chi connectivity index (χ2v) is 4.82. The molecule has 1 aliphatic rings. The van der Waals surface area contributed by atoms with Gasteiger partial charge >= 0.3 is 5.97 Å². The van der Waals surface area contributed by atoms with E-state index in [1.165, 1.54) is 26.5 Å². The van der Waals surface area contributed by atoms with Crippen molar-refractivity contribution in [2.45, 2.75) is 26.3 Å². The Morgan fingerprint density at radius 2 is 1.96 bits per heavy atom. The van der Waals surface area contributed by atoms with Crippen LogP contribution in [0, 0.1) is 0 Å². The van der Waals surface area contributed by atoms with Gasteiger partial charge in [-0.05, 0) is 24.3 Å². The summed E-state index contributed by atoms with van der Waals surface area (Å²) in [6, 6.07) is 3.82. The number of alkyl halides is 2. The van der Waals surface area contributed by atoms with Gasteiger partial charge in [-0.25, -0.2) is 13.6 Å². The van der Waals surface area contributed by atoms with E-state index in [1.54, 1.807) is 25.2 Å². The standard InChI is InChI=1S/C16H18F2N2O3.C2H6/c1-19-9-4-5-10(16(21)23-3)11(6-9)12-7-13(15(17)18)20-8-14(12)22-2;1-2/h4-8,13,15,19-20H,1-3H3;1-2H3. The van der Waals surface area contributed by atoms with Crippen LogP contribution in [0.5, 0.6) is 0 Å². The molecule has 0 bridgehead atoms. The number of halogens is 2. The van der Waals surface area contributed by atoms with Gasteiger partial charge in [-0.2, -0.15) is 0 Å². The molecule has 1 aliphatic heterocycles. The van der Waals surface area contributed by atoms with E-state index in [0.29, 0.717) is 16.9 Å². The van der Waals surface area contributed by atoms with Crippen LogP contribution in [0.4, 0.5) is 14.5 Å². The van der Waals surface area contributed by atoms with Gasteiger partial charge in [-0.1, -0.05) is 13.8 Å². The fourth-order valence-corrected chi connectivity index (χ4v) is 2.31. The Hall–Kier alpha value is -2.57. The van der Waals surface area contributed by atoms with Crippen molar-refractivity contribution in [2.24, 2.45) is 0 Å². The molecule has 1 aromatic rings. The molecule has 0 radical (unpaired) electrons. The maximum atomic E-state index is 13.0. The highest BCUT2D eigenvalue weighted by Crippen LogP contribution is 2.32. The van der Waals surface area contributed by atoms with E-state index >= 15 is 0 Å². The predicted molar refractivity (Wildman–Crippen MR) is 94.7 cm³/mol. The fourth-order valence-electron chi connectivity index (χ4n) is 2.31. The number of dihydropyridines is 1. The Morgan fingerprint density at radius 1 is 1.28 bits per heavy atom. The van der Waals surface area contributed by atoms with Crippen molar-refractivity contribution in [1.29, 1.82) is 0 Å². The van der Waals surface area contributed by atoms with Crippen LogP contribution in [0.1, 0.15) is 29.8 Å². The molecular weight excluding hydrogens is 330 g/mol. The van der Waals surface area contributed by atoms with Gasteiger partial charge in [-0.3, -0.25) is 0 Å². The number of carbonyl (C=O) groups is 1. The smallest absolute Gasteiger partial charge is 0.338 e. The number of esters is 1. The summed E-state index contributed by atoms with van der Waals surface area (Å²) in [7, 11) is 4.43. The summed E-state index contributed by atoms with van der Waals surface area (Å²) >= 11 is 0. The molecule has 0 spiro atoms. The maximum absolute atomic E-state index is 13.0. The summed E-state index contributed by atoms with van der Waals surface area (Å²) in [6.07, 6.45) is 0.137. The lowest BCUT2D eigenvalue weighted by molar-refractivity contribution is 0.0600. The normalized spacial score (nSPS) is 15.9. The Balaban J connectivity index is 0.00000151. The molecule has 0 aromatic heterocycles. The van der Waals surface area contributed by atoms with Gasteiger partial charge in [-0.15, -0.1) is 0 Å². The maximum Gasteiger partial charge on any atom is 0.338 e. The SMILES string of the molecule is CC.CNc1ccc(C(=O)OC)c(C2=CC(C(F)F)NC=C2OC)c1. The molecule has 1 heterocycles. The third-order valence-corrected chi connectivity index (χ3v) is 3.51. The van der Waals surface area contributed by atoms with Crippen molar-refractivity contribution < 1.29 is 23.0 Å². The van der Waals surface area contributed by atoms with E-state index in [1.807, 2.05) is 13.8 Å². The average molecular weight is 354 g/mol. The Kier molecular flexibility index (Phi) is 7.91. The molecule has 1 atom stereocenters. The van der Waals surface area contributed by atoms with Crippen LogP contribution in [-0.4, -0.2) is 39.7 Å². The lowest BCUT2D eigenvalue weighted by atomic mass is 9.94. The van der Waals surface area contributed by atoms with Crippen LogP contribution in [0.15, 0.2) is 36.2 Å². The van der Waals surface area contributed by atoms with Gasteiger partial charge in [0.25, 0.3) is 6.43 Å². The van der Waals surface area contributed by atoms with Crippen LogP contribution in [0.3, 0.4) is 0 Å². The van der Waals surface area contributed by atoms with E-state index in [2.05, 4.69) is 10.6 Å². The highest BCUT2D eigenvalue weighted by Gasteiger charge is 2.26. The molecule has 0 saturated heterocycles. The number of rotatable bonds is 5. The number of methoxy groups -OCH3 is 2. The first-order valence-corrected chi connectivity index (χ1v) is 7.92. The minimum Gasteiger partial charge on any atom is -0.495 e. The van der Waals surface area contributed by atoms with Gasteiger partial charge < -0.3 is 20.1 Å². The van der Waals surface area contributed by atoms with Crippen molar-refractivity contribution >= 4 is 17.2 Å². The van der Waals surface area contributed by atoms with Gasteiger partial charge in [0.05, 0.1) is 19.8 Å². The summed E-state index contributed by atoms with van der Waals surface area (Å²) in [6.45, 7) is 4.00. The molecule has 1 unspecified atom stereocenters. The zero-order valence-electron chi connectivity index (χ0n) is 15.0. The Morgan fingerprint density at radius 3 is 2.48 bits per heavy atom. The topological polar surface area (TPSA) is 59.6 Å². The lowest BCUT2D eigenvalue weighted by Gasteiger charge is -2.24. The van der Waals surface area contributed by atoms with E-state index in [4.69, 9.17) is 9.47 Å². The number of benzene rings is 1. The minimum absolute atomic E-state index is 0.274. The number of hydrogen-bond donors (Lipinski definition) is 2. The van der Waals surface area contributed by atoms with Crippen molar-refractivity contribution in [3.63, 3.8) is 0 Å². The van der Waals surface area contributed by atoms with Crippen LogP contribution >= 0.6 is 0 Å². The first-order valence-electron chi connectivity index (χ1n) is 7.92. The number of ether oxygens (including phenoxy) is 2. The molecule has 0 fully saturated rings. The van der Waals surface area contributed by atoms with E-state index in [9.17, 15) is 13.6 Å². The minimum atomic E-state index is -2.59. The Bertz CT molecular complexity index is 658. The van der Waals surface area contributed by atoms with E-state index in [-0.39, 0.29) is 5.56 Å². The summed E-state index contributed by atoms with van der Waals surface area (Å²) in [5.41, 5.74) is 1.88. The molecule has 2 rings (SSSR count). The molecule has 0 saturated carbocycles. The molecule has 5 nitrogen and oxygen atoms in total. The zero-order valence-corrected chi connectivity index (χ0v) is 15.0. The third-order valence-electron chi connectivity index (χ3n) is 3.51. The van der Waals surface area contributed by atoms with Crippen molar-refractivity contribution in [1.82, 2.24) is 5.32 Å². The summed E-state index contributed by atoms with van der Waals surface area (Å²) in [5.74, 6) is -0.188. The predicted octanol–water partition coefficient (Wildman–Crippen LogP) is 3.65. The van der Waals surface area contributed by atoms with Gasteiger partial charge in [0.2, 0.25) is 0 Å². The van der Waals surface area contributed by atoms with Crippen molar-refractivity contribution in [3.05, 3.63) is 47.4 Å². The second-order valence-electron chi connectivity index (χ2n) is 4.82. The molecule has 0 aliphatic carbocycles. The van der Waals surface area contributed by atoms with E-state index in [0.717, 1.165) is 5.69 Å². The van der Waals surface area contributed by atoms with Gasteiger partial charge in [0.15, 0.2) is 0 Å².